The van der Waals surface area contributed by atoms with Gasteiger partial charge in [0.2, 0.25) is 5.91 Å². The van der Waals surface area contributed by atoms with E-state index in [-0.39, 0.29) is 5.91 Å². The number of aliphatic hydroxyl groups is 1. The van der Waals surface area contributed by atoms with Gasteiger partial charge in [-0.05, 0) is 13.3 Å². The van der Waals surface area contributed by atoms with Crippen molar-refractivity contribution < 1.29 is 9.90 Å². The normalized spacial score (nSPS) is 23.2. The topological polar surface area (TPSA) is 66.6 Å². The highest BCUT2D eigenvalue weighted by atomic mass is 16.3. The zero-order valence-electron chi connectivity index (χ0n) is 7.58. The second-order valence-corrected chi connectivity index (χ2v) is 3.71. The van der Waals surface area contributed by atoms with Gasteiger partial charge < -0.3 is 15.7 Å². The molecular formula is C8H16N2O2. The molecule has 0 aromatic heterocycles. The van der Waals surface area contributed by atoms with Crippen LogP contribution in [0, 0.1) is 0 Å². The van der Waals surface area contributed by atoms with Crippen molar-refractivity contribution in [3.63, 3.8) is 0 Å². The molecule has 0 saturated carbocycles. The Morgan fingerprint density at radius 1 is 1.75 bits per heavy atom. The third-order valence-electron chi connectivity index (χ3n) is 2.13. The molecule has 0 aliphatic carbocycles. The van der Waals surface area contributed by atoms with Gasteiger partial charge in [-0.15, -0.1) is 0 Å². The van der Waals surface area contributed by atoms with Crippen molar-refractivity contribution in [2.24, 2.45) is 5.73 Å². The van der Waals surface area contributed by atoms with Gasteiger partial charge >= 0.3 is 0 Å². The molecule has 1 amide bonds. The smallest absolute Gasteiger partial charge is 0.239 e. The summed E-state index contributed by atoms with van der Waals surface area (Å²) >= 11 is 0. The lowest BCUT2D eigenvalue weighted by molar-refractivity contribution is -0.153. The molecule has 0 spiro atoms. The molecule has 0 bridgehead atoms. The van der Waals surface area contributed by atoms with Gasteiger partial charge in [-0.1, -0.05) is 6.92 Å². The first-order chi connectivity index (χ1) is 5.46. The standard InChI is InChI=1S/C8H16N2O2/c1-3-6(9)7(11)10-4-8(2,12)5-10/h6,12H,3-5,9H2,1-2H3/t6-/m0/s1. The third-order valence-corrected chi connectivity index (χ3v) is 2.13. The Kier molecular flexibility index (Phi) is 2.39. The van der Waals surface area contributed by atoms with Gasteiger partial charge in [0, 0.05) is 0 Å². The molecule has 12 heavy (non-hydrogen) atoms. The first-order valence-corrected chi connectivity index (χ1v) is 4.23. The molecule has 4 nitrogen and oxygen atoms in total. The molecular weight excluding hydrogens is 156 g/mol. The summed E-state index contributed by atoms with van der Waals surface area (Å²) in [5.74, 6) is -0.0518. The highest BCUT2D eigenvalue weighted by molar-refractivity contribution is 5.82. The highest BCUT2D eigenvalue weighted by Gasteiger charge is 2.40. The number of β-amino-alcohol motifs (C(OH)–C–C–N with tert-alkyl or cyclic N) is 1. The van der Waals surface area contributed by atoms with Gasteiger partial charge in [-0.25, -0.2) is 0 Å². The SMILES string of the molecule is CC[C@H](N)C(=O)N1CC(C)(O)C1. The van der Waals surface area contributed by atoms with E-state index in [0.717, 1.165) is 0 Å². The van der Waals surface area contributed by atoms with E-state index < -0.39 is 11.6 Å². The van der Waals surface area contributed by atoms with Crippen LogP contribution < -0.4 is 5.73 Å². The average Bonchev–Trinajstić information content (AvgIpc) is 1.97. The van der Waals surface area contributed by atoms with Crippen LogP contribution in [0.15, 0.2) is 0 Å². The Hall–Kier alpha value is -0.610. The van der Waals surface area contributed by atoms with Gasteiger partial charge in [-0.3, -0.25) is 4.79 Å². The van der Waals surface area contributed by atoms with Crippen LogP contribution in [-0.4, -0.2) is 40.6 Å². The molecule has 1 aliphatic rings. The largest absolute Gasteiger partial charge is 0.386 e. The van der Waals surface area contributed by atoms with E-state index in [1.54, 1.807) is 11.8 Å². The van der Waals surface area contributed by atoms with Gasteiger partial charge in [-0.2, -0.15) is 0 Å². The molecule has 70 valence electrons. The number of hydrogen-bond donors (Lipinski definition) is 2. The van der Waals surface area contributed by atoms with Crippen molar-refractivity contribution in [2.75, 3.05) is 13.1 Å². The fraction of sp³-hybridized carbons (Fsp3) is 0.875. The first kappa shape index (κ1) is 9.48. The second-order valence-electron chi connectivity index (χ2n) is 3.71. The summed E-state index contributed by atoms with van der Waals surface area (Å²) in [7, 11) is 0. The van der Waals surface area contributed by atoms with Crippen LogP contribution in [-0.2, 0) is 4.79 Å². The fourth-order valence-corrected chi connectivity index (χ4v) is 1.34. The van der Waals surface area contributed by atoms with Crippen LogP contribution in [0.1, 0.15) is 20.3 Å². The molecule has 1 saturated heterocycles. The number of nitrogens with two attached hydrogens (primary N) is 1. The number of rotatable bonds is 2. The first-order valence-electron chi connectivity index (χ1n) is 4.23. The highest BCUT2D eigenvalue weighted by Crippen LogP contribution is 2.20. The van der Waals surface area contributed by atoms with Crippen molar-refractivity contribution in [3.8, 4) is 0 Å². The Morgan fingerprint density at radius 2 is 2.25 bits per heavy atom. The molecule has 0 radical (unpaired) electrons. The maximum Gasteiger partial charge on any atom is 0.239 e. The zero-order valence-corrected chi connectivity index (χ0v) is 7.58. The summed E-state index contributed by atoms with van der Waals surface area (Å²) in [6.07, 6.45) is 0.650. The van der Waals surface area contributed by atoms with Crippen molar-refractivity contribution in [2.45, 2.75) is 31.9 Å². The van der Waals surface area contributed by atoms with Crippen LogP contribution >= 0.6 is 0 Å². The van der Waals surface area contributed by atoms with E-state index in [0.29, 0.717) is 19.5 Å². The maximum atomic E-state index is 11.3. The van der Waals surface area contributed by atoms with Gasteiger partial charge in [0.1, 0.15) is 0 Å². The van der Waals surface area contributed by atoms with E-state index in [1.165, 1.54) is 0 Å². The molecule has 1 rings (SSSR count). The summed E-state index contributed by atoms with van der Waals surface area (Å²) in [6.45, 7) is 4.42. The fourth-order valence-electron chi connectivity index (χ4n) is 1.34. The van der Waals surface area contributed by atoms with Gasteiger partial charge in [0.15, 0.2) is 0 Å². The Bertz CT molecular complexity index is 183. The molecule has 1 fully saturated rings. The lowest BCUT2D eigenvalue weighted by Gasteiger charge is -2.45. The molecule has 1 atom stereocenters. The monoisotopic (exact) mass is 172 g/mol. The van der Waals surface area contributed by atoms with E-state index >= 15 is 0 Å². The minimum absolute atomic E-state index is 0.0518. The minimum atomic E-state index is -0.691. The van der Waals surface area contributed by atoms with E-state index in [9.17, 15) is 9.90 Å². The quantitative estimate of drug-likeness (QED) is 0.580. The lowest BCUT2D eigenvalue weighted by atomic mass is 9.96. The van der Waals surface area contributed by atoms with Crippen molar-refractivity contribution in [1.29, 1.82) is 0 Å². The van der Waals surface area contributed by atoms with E-state index in [1.807, 2.05) is 6.92 Å². The van der Waals surface area contributed by atoms with Crippen molar-refractivity contribution >= 4 is 5.91 Å². The second kappa shape index (κ2) is 3.03. The summed E-state index contributed by atoms with van der Waals surface area (Å²) in [4.78, 5) is 12.9. The van der Waals surface area contributed by atoms with E-state index in [2.05, 4.69) is 0 Å². The van der Waals surface area contributed by atoms with Gasteiger partial charge in [0.05, 0.1) is 24.7 Å². The number of likely N-dealkylation sites (tertiary alicyclic amines) is 1. The number of nitrogens with zero attached hydrogens (tertiary/aromatic N) is 1. The van der Waals surface area contributed by atoms with Crippen molar-refractivity contribution in [1.82, 2.24) is 4.90 Å². The molecule has 0 aromatic carbocycles. The average molecular weight is 172 g/mol. The Labute approximate surface area is 72.3 Å². The molecule has 0 unspecified atom stereocenters. The summed E-state index contributed by atoms with van der Waals surface area (Å²) in [6, 6.07) is -0.402. The van der Waals surface area contributed by atoms with Crippen LogP contribution in [0.4, 0.5) is 0 Å². The van der Waals surface area contributed by atoms with Crippen LogP contribution in [0.3, 0.4) is 0 Å². The van der Waals surface area contributed by atoms with Gasteiger partial charge in [0.25, 0.3) is 0 Å². The third kappa shape index (κ3) is 1.76. The summed E-state index contributed by atoms with van der Waals surface area (Å²) in [5.41, 5.74) is 4.85. The number of amides is 1. The van der Waals surface area contributed by atoms with Crippen LogP contribution in [0.25, 0.3) is 0 Å². The zero-order chi connectivity index (χ0) is 9.35. The molecule has 3 N–H and O–H groups in total. The summed E-state index contributed by atoms with van der Waals surface area (Å²) in [5, 5.41) is 9.35. The predicted octanol–water partition coefficient (Wildman–Crippen LogP) is -0.683. The number of carbonyl (C=O) groups is 1. The molecule has 1 heterocycles. The Morgan fingerprint density at radius 3 is 2.58 bits per heavy atom. The van der Waals surface area contributed by atoms with E-state index in [4.69, 9.17) is 5.73 Å². The van der Waals surface area contributed by atoms with Crippen LogP contribution in [0.5, 0.6) is 0 Å². The minimum Gasteiger partial charge on any atom is -0.386 e. The lowest BCUT2D eigenvalue weighted by Crippen LogP contribution is -2.64. The summed E-state index contributed by atoms with van der Waals surface area (Å²) < 4.78 is 0. The maximum absolute atomic E-state index is 11.3. The number of carbonyl (C=O) groups excluding carboxylic acids is 1. The number of hydrogen-bond acceptors (Lipinski definition) is 3. The molecule has 0 aromatic rings. The van der Waals surface area contributed by atoms with Crippen molar-refractivity contribution in [3.05, 3.63) is 0 Å². The molecule has 4 heteroatoms. The molecule has 1 aliphatic heterocycles. The Balaban J connectivity index is 2.38. The van der Waals surface area contributed by atoms with Crippen LogP contribution in [0.2, 0.25) is 0 Å². The predicted molar refractivity (Wildman–Crippen MR) is 45.5 cm³/mol.